The van der Waals surface area contributed by atoms with E-state index in [0.717, 1.165) is 36.7 Å². The molecular weight excluding hydrogens is 246 g/mol. The average molecular weight is 269 g/mol. The lowest BCUT2D eigenvalue weighted by molar-refractivity contribution is 0.0174. The molecule has 1 N–H and O–H groups in total. The molecule has 1 unspecified atom stereocenters. The van der Waals surface area contributed by atoms with Gasteiger partial charge >= 0.3 is 0 Å². The van der Waals surface area contributed by atoms with Gasteiger partial charge in [0.05, 0.1) is 5.60 Å². The predicted octanol–water partition coefficient (Wildman–Crippen LogP) is 2.12. The Balaban J connectivity index is 2.09. The van der Waals surface area contributed by atoms with E-state index in [1.807, 2.05) is 16.4 Å². The molecular formula is C13H23N3OS. The monoisotopic (exact) mass is 269 g/mol. The van der Waals surface area contributed by atoms with Crippen LogP contribution < -0.4 is 0 Å². The van der Waals surface area contributed by atoms with Crippen LogP contribution in [0.1, 0.15) is 39.4 Å². The molecule has 0 spiro atoms. The zero-order valence-corrected chi connectivity index (χ0v) is 12.3. The normalized spacial score (nSPS) is 27.3. The van der Waals surface area contributed by atoms with Crippen molar-refractivity contribution in [3.8, 4) is 0 Å². The fraction of sp³-hybridized carbons (Fsp3) is 0.846. The molecule has 1 aliphatic heterocycles. The lowest BCUT2D eigenvalue weighted by Crippen LogP contribution is -2.44. The molecule has 0 radical (unpaired) electrons. The fourth-order valence-corrected chi connectivity index (χ4v) is 4.08. The van der Waals surface area contributed by atoms with E-state index < -0.39 is 5.60 Å². The van der Waals surface area contributed by atoms with E-state index in [-0.39, 0.29) is 5.41 Å². The van der Waals surface area contributed by atoms with Crippen molar-refractivity contribution in [2.45, 2.75) is 52.2 Å². The molecule has 0 amide bonds. The van der Waals surface area contributed by atoms with Crippen molar-refractivity contribution in [3.05, 3.63) is 12.2 Å². The van der Waals surface area contributed by atoms with E-state index in [4.69, 9.17) is 0 Å². The number of aliphatic hydroxyl groups is 1. The van der Waals surface area contributed by atoms with Gasteiger partial charge in [-0.25, -0.2) is 4.98 Å². The summed E-state index contributed by atoms with van der Waals surface area (Å²) in [5, 5.41) is 15.0. The quantitative estimate of drug-likeness (QED) is 0.909. The van der Waals surface area contributed by atoms with Gasteiger partial charge in [0.1, 0.15) is 12.2 Å². The zero-order chi connectivity index (χ0) is 13.2. The van der Waals surface area contributed by atoms with Crippen molar-refractivity contribution in [2.75, 3.05) is 11.5 Å². The summed E-state index contributed by atoms with van der Waals surface area (Å²) in [4.78, 5) is 4.30. The average Bonchev–Trinajstić information content (AvgIpc) is 2.63. The Morgan fingerprint density at radius 2 is 2.22 bits per heavy atom. The van der Waals surface area contributed by atoms with Crippen LogP contribution in [0.2, 0.25) is 0 Å². The molecule has 1 aliphatic rings. The van der Waals surface area contributed by atoms with Crippen molar-refractivity contribution in [1.29, 1.82) is 0 Å². The number of rotatable bonds is 4. The minimum absolute atomic E-state index is 0.202. The van der Waals surface area contributed by atoms with Gasteiger partial charge in [0, 0.05) is 18.7 Å². The molecule has 4 nitrogen and oxygen atoms in total. The largest absolute Gasteiger partial charge is 0.389 e. The van der Waals surface area contributed by atoms with E-state index in [1.165, 1.54) is 0 Å². The summed E-state index contributed by atoms with van der Waals surface area (Å²) in [5.74, 6) is 2.84. The summed E-state index contributed by atoms with van der Waals surface area (Å²) >= 11 is 1.84. The minimum Gasteiger partial charge on any atom is -0.389 e. The molecule has 1 atom stereocenters. The van der Waals surface area contributed by atoms with Crippen LogP contribution in [0.3, 0.4) is 0 Å². The predicted molar refractivity (Wildman–Crippen MR) is 74.7 cm³/mol. The SMILES string of the molecule is CCCn1ncnc1CC1(O)CSCC(C)(C)C1. The molecule has 0 saturated carbocycles. The Hall–Kier alpha value is -0.550. The van der Waals surface area contributed by atoms with Crippen LogP contribution in [0.15, 0.2) is 6.33 Å². The molecule has 1 saturated heterocycles. The first-order valence-corrected chi connectivity index (χ1v) is 7.76. The topological polar surface area (TPSA) is 50.9 Å². The summed E-state index contributed by atoms with van der Waals surface area (Å²) in [6.07, 6.45) is 4.08. The van der Waals surface area contributed by atoms with Gasteiger partial charge in [0.15, 0.2) is 0 Å². The Morgan fingerprint density at radius 1 is 1.44 bits per heavy atom. The zero-order valence-electron chi connectivity index (χ0n) is 11.5. The fourth-order valence-electron chi connectivity index (χ4n) is 2.74. The maximum atomic E-state index is 10.8. The minimum atomic E-state index is -0.634. The molecule has 0 bridgehead atoms. The van der Waals surface area contributed by atoms with Crippen molar-refractivity contribution in [1.82, 2.24) is 14.8 Å². The molecule has 1 aromatic rings. The Bertz CT molecular complexity index is 405. The first-order chi connectivity index (χ1) is 8.44. The van der Waals surface area contributed by atoms with Crippen molar-refractivity contribution < 1.29 is 5.11 Å². The third kappa shape index (κ3) is 3.26. The highest BCUT2D eigenvalue weighted by Crippen LogP contribution is 2.40. The van der Waals surface area contributed by atoms with Crippen LogP contribution in [-0.4, -0.2) is 37.0 Å². The van der Waals surface area contributed by atoms with Gasteiger partial charge in [-0.05, 0) is 24.0 Å². The number of hydrogen-bond acceptors (Lipinski definition) is 4. The third-order valence-electron chi connectivity index (χ3n) is 3.29. The highest BCUT2D eigenvalue weighted by atomic mass is 32.2. The van der Waals surface area contributed by atoms with E-state index >= 15 is 0 Å². The van der Waals surface area contributed by atoms with Gasteiger partial charge in [-0.3, -0.25) is 4.68 Å². The summed E-state index contributed by atoms with van der Waals surface area (Å²) in [7, 11) is 0. The van der Waals surface area contributed by atoms with Gasteiger partial charge in [-0.15, -0.1) is 0 Å². The second-order valence-corrected chi connectivity index (χ2v) is 7.12. The summed E-state index contributed by atoms with van der Waals surface area (Å²) in [6.45, 7) is 7.45. The number of aromatic nitrogens is 3. The summed E-state index contributed by atoms with van der Waals surface area (Å²) < 4.78 is 1.92. The number of thioether (sulfide) groups is 1. The highest BCUT2D eigenvalue weighted by Gasteiger charge is 2.39. The molecule has 0 aromatic carbocycles. The van der Waals surface area contributed by atoms with Crippen LogP contribution in [0, 0.1) is 5.41 Å². The molecule has 102 valence electrons. The standard InChI is InChI=1S/C13H23N3OS/c1-4-5-16-11(14-10-15-16)6-13(17)7-12(2,3)8-18-9-13/h10,17H,4-9H2,1-3H3. The van der Waals surface area contributed by atoms with E-state index in [2.05, 4.69) is 30.9 Å². The Labute approximate surface area is 113 Å². The van der Waals surface area contributed by atoms with Gasteiger partial charge < -0.3 is 5.11 Å². The van der Waals surface area contributed by atoms with Crippen LogP contribution in [0.25, 0.3) is 0 Å². The second-order valence-electron chi connectivity index (χ2n) is 6.13. The number of aryl methyl sites for hydroxylation is 1. The molecule has 2 heterocycles. The first-order valence-electron chi connectivity index (χ1n) is 6.61. The maximum absolute atomic E-state index is 10.8. The van der Waals surface area contributed by atoms with Gasteiger partial charge in [-0.2, -0.15) is 16.9 Å². The Morgan fingerprint density at radius 3 is 2.89 bits per heavy atom. The molecule has 0 aliphatic carbocycles. The van der Waals surface area contributed by atoms with E-state index in [9.17, 15) is 5.11 Å². The lowest BCUT2D eigenvalue weighted by Gasteiger charge is -2.40. The number of nitrogens with zero attached hydrogens (tertiary/aromatic N) is 3. The van der Waals surface area contributed by atoms with E-state index in [0.29, 0.717) is 6.42 Å². The van der Waals surface area contributed by atoms with Crippen LogP contribution >= 0.6 is 11.8 Å². The van der Waals surface area contributed by atoms with Gasteiger partial charge in [0.25, 0.3) is 0 Å². The summed E-state index contributed by atoms with van der Waals surface area (Å²) in [5.41, 5.74) is -0.432. The maximum Gasteiger partial charge on any atom is 0.138 e. The first kappa shape index (κ1) is 13.9. The van der Waals surface area contributed by atoms with Crippen LogP contribution in [0.5, 0.6) is 0 Å². The molecule has 2 rings (SSSR count). The molecule has 1 aromatic heterocycles. The molecule has 1 fully saturated rings. The van der Waals surface area contributed by atoms with Crippen molar-refractivity contribution >= 4 is 11.8 Å². The smallest absolute Gasteiger partial charge is 0.138 e. The van der Waals surface area contributed by atoms with E-state index in [1.54, 1.807) is 6.33 Å². The van der Waals surface area contributed by atoms with Crippen LogP contribution in [-0.2, 0) is 13.0 Å². The second kappa shape index (κ2) is 5.21. The van der Waals surface area contributed by atoms with Crippen molar-refractivity contribution in [3.63, 3.8) is 0 Å². The Kier molecular flexibility index (Phi) is 4.02. The number of hydrogen-bond donors (Lipinski definition) is 1. The van der Waals surface area contributed by atoms with Gasteiger partial charge in [-0.1, -0.05) is 20.8 Å². The van der Waals surface area contributed by atoms with Crippen molar-refractivity contribution in [2.24, 2.45) is 5.41 Å². The molecule has 18 heavy (non-hydrogen) atoms. The third-order valence-corrected chi connectivity index (χ3v) is 5.02. The highest BCUT2D eigenvalue weighted by molar-refractivity contribution is 7.99. The molecule has 5 heteroatoms. The lowest BCUT2D eigenvalue weighted by atomic mass is 9.80. The van der Waals surface area contributed by atoms with Crippen LogP contribution in [0.4, 0.5) is 0 Å². The summed E-state index contributed by atoms with van der Waals surface area (Å²) in [6, 6.07) is 0. The van der Waals surface area contributed by atoms with Gasteiger partial charge in [0.2, 0.25) is 0 Å².